The van der Waals surface area contributed by atoms with Crippen molar-refractivity contribution in [3.05, 3.63) is 0 Å². The van der Waals surface area contributed by atoms with Crippen molar-refractivity contribution < 1.29 is 9.90 Å². The summed E-state index contributed by atoms with van der Waals surface area (Å²) in [4.78, 5) is 13.5. The molecular weight excluding hydrogens is 222 g/mol. The van der Waals surface area contributed by atoms with E-state index in [1.54, 1.807) is 0 Å². The highest BCUT2D eigenvalue weighted by Gasteiger charge is 2.39. The van der Waals surface area contributed by atoms with Crippen molar-refractivity contribution in [2.45, 2.75) is 38.0 Å². The van der Waals surface area contributed by atoms with E-state index in [1.165, 1.54) is 18.6 Å². The first-order valence-corrected chi connectivity index (χ1v) is 7.23. The molecule has 2 fully saturated rings. The van der Waals surface area contributed by atoms with Gasteiger partial charge in [0.15, 0.2) is 0 Å². The molecule has 1 N–H and O–H groups in total. The maximum Gasteiger partial charge on any atom is 0.308 e. The van der Waals surface area contributed by atoms with Crippen molar-refractivity contribution >= 4 is 17.7 Å². The van der Waals surface area contributed by atoms with Gasteiger partial charge in [-0.1, -0.05) is 13.8 Å². The number of hydrogen-bond acceptors (Lipinski definition) is 3. The first-order chi connectivity index (χ1) is 7.59. The zero-order valence-electron chi connectivity index (χ0n) is 10.1. The molecule has 2 rings (SSSR count). The molecule has 92 valence electrons. The van der Waals surface area contributed by atoms with Crippen LogP contribution in [0.3, 0.4) is 0 Å². The number of nitrogens with zero attached hydrogens (tertiary/aromatic N) is 1. The van der Waals surface area contributed by atoms with E-state index < -0.39 is 5.97 Å². The fourth-order valence-electron chi connectivity index (χ4n) is 2.98. The van der Waals surface area contributed by atoms with Gasteiger partial charge in [-0.25, -0.2) is 0 Å². The zero-order valence-corrected chi connectivity index (χ0v) is 10.9. The lowest BCUT2D eigenvalue weighted by Gasteiger charge is -2.35. The summed E-state index contributed by atoms with van der Waals surface area (Å²) in [7, 11) is 0. The number of hydrogen-bond donors (Lipinski definition) is 1. The Bertz CT molecular complexity index is 272. The highest BCUT2D eigenvalue weighted by atomic mass is 32.2. The number of aliphatic carboxylic acids is 1. The Morgan fingerprint density at radius 3 is 2.69 bits per heavy atom. The van der Waals surface area contributed by atoms with E-state index in [4.69, 9.17) is 5.11 Å². The van der Waals surface area contributed by atoms with Crippen molar-refractivity contribution in [1.29, 1.82) is 0 Å². The van der Waals surface area contributed by atoms with Crippen molar-refractivity contribution in [2.24, 2.45) is 11.8 Å². The van der Waals surface area contributed by atoms with Crippen molar-refractivity contribution in [3.8, 4) is 0 Å². The predicted octanol–water partition coefficient (Wildman–Crippen LogP) is 1.92. The van der Waals surface area contributed by atoms with E-state index in [0.29, 0.717) is 17.2 Å². The average molecular weight is 243 g/mol. The lowest BCUT2D eigenvalue weighted by atomic mass is 9.99. The number of likely N-dealkylation sites (tertiary alicyclic amines) is 1. The number of carboxylic acid groups (broad SMARTS) is 1. The molecule has 0 aromatic rings. The zero-order chi connectivity index (χ0) is 11.7. The quantitative estimate of drug-likeness (QED) is 0.804. The smallest absolute Gasteiger partial charge is 0.308 e. The van der Waals surface area contributed by atoms with Gasteiger partial charge in [0.1, 0.15) is 0 Å². The Labute approximate surface area is 102 Å². The third kappa shape index (κ3) is 2.38. The molecule has 4 atom stereocenters. The number of carboxylic acids is 1. The maximum absolute atomic E-state index is 11.1. The topological polar surface area (TPSA) is 40.5 Å². The van der Waals surface area contributed by atoms with Crippen LogP contribution >= 0.6 is 11.8 Å². The molecule has 0 aliphatic carbocycles. The van der Waals surface area contributed by atoms with E-state index in [9.17, 15) is 4.79 Å². The van der Waals surface area contributed by atoms with Crippen LogP contribution in [-0.4, -0.2) is 46.1 Å². The Balaban J connectivity index is 1.98. The van der Waals surface area contributed by atoms with Crippen molar-refractivity contribution in [2.75, 3.05) is 18.8 Å². The van der Waals surface area contributed by atoms with Gasteiger partial charge in [0.2, 0.25) is 0 Å². The summed E-state index contributed by atoms with van der Waals surface area (Å²) in [6.07, 6.45) is 2.52. The van der Waals surface area contributed by atoms with Crippen LogP contribution in [0.15, 0.2) is 0 Å². The first-order valence-electron chi connectivity index (χ1n) is 6.18. The van der Waals surface area contributed by atoms with Crippen LogP contribution in [0.25, 0.3) is 0 Å². The average Bonchev–Trinajstić information content (AvgIpc) is 2.61. The van der Waals surface area contributed by atoms with Crippen LogP contribution in [0.2, 0.25) is 0 Å². The van der Waals surface area contributed by atoms with Gasteiger partial charge in [0.25, 0.3) is 0 Å². The summed E-state index contributed by atoms with van der Waals surface area (Å²) in [5, 5.41) is 9.79. The molecule has 2 aliphatic rings. The van der Waals surface area contributed by atoms with Gasteiger partial charge in [0.05, 0.1) is 5.92 Å². The van der Waals surface area contributed by atoms with Crippen LogP contribution in [0.1, 0.15) is 26.7 Å². The van der Waals surface area contributed by atoms with E-state index >= 15 is 0 Å². The molecule has 4 unspecified atom stereocenters. The number of thioether (sulfide) groups is 1. The van der Waals surface area contributed by atoms with Crippen LogP contribution in [-0.2, 0) is 4.79 Å². The molecule has 0 aromatic carbocycles. The van der Waals surface area contributed by atoms with Gasteiger partial charge in [-0.15, -0.1) is 0 Å². The van der Waals surface area contributed by atoms with E-state index in [0.717, 1.165) is 13.1 Å². The largest absolute Gasteiger partial charge is 0.481 e. The molecule has 2 aliphatic heterocycles. The summed E-state index contributed by atoms with van der Waals surface area (Å²) in [5.41, 5.74) is 0. The maximum atomic E-state index is 11.1. The summed E-state index contributed by atoms with van der Waals surface area (Å²) in [5.74, 6) is 0.797. The number of rotatable bonds is 2. The molecule has 0 bridgehead atoms. The summed E-state index contributed by atoms with van der Waals surface area (Å²) < 4.78 is 0. The summed E-state index contributed by atoms with van der Waals surface area (Å²) >= 11 is 2.03. The second kappa shape index (κ2) is 4.96. The second-order valence-electron chi connectivity index (χ2n) is 5.16. The van der Waals surface area contributed by atoms with Gasteiger partial charge >= 0.3 is 5.97 Å². The molecule has 16 heavy (non-hydrogen) atoms. The highest BCUT2D eigenvalue weighted by molar-refractivity contribution is 7.99. The minimum atomic E-state index is -0.619. The standard InChI is InChI=1S/C12H21NO2S/c1-8-6-13(7-10(8)12(14)15)11-4-3-5-16-9(11)2/h8-11H,3-7H2,1-2H3,(H,14,15). The van der Waals surface area contributed by atoms with Crippen LogP contribution in [0, 0.1) is 11.8 Å². The van der Waals surface area contributed by atoms with Gasteiger partial charge in [-0.3, -0.25) is 9.69 Å². The molecule has 4 heteroatoms. The molecule has 0 spiro atoms. The summed E-state index contributed by atoms with van der Waals surface area (Å²) in [6, 6.07) is 0.602. The van der Waals surface area contributed by atoms with Gasteiger partial charge in [-0.05, 0) is 24.5 Å². The fraction of sp³-hybridized carbons (Fsp3) is 0.917. The van der Waals surface area contributed by atoms with Crippen LogP contribution < -0.4 is 0 Å². The normalized spacial score (nSPS) is 41.1. The number of carbonyl (C=O) groups is 1. The van der Waals surface area contributed by atoms with Gasteiger partial charge in [-0.2, -0.15) is 11.8 Å². The Kier molecular flexibility index (Phi) is 3.80. The Morgan fingerprint density at radius 1 is 1.38 bits per heavy atom. The molecule has 2 saturated heterocycles. The van der Waals surface area contributed by atoms with Gasteiger partial charge < -0.3 is 5.11 Å². The summed E-state index contributed by atoms with van der Waals surface area (Å²) in [6.45, 7) is 6.07. The minimum Gasteiger partial charge on any atom is -0.481 e. The molecule has 0 radical (unpaired) electrons. The van der Waals surface area contributed by atoms with E-state index in [2.05, 4.69) is 18.7 Å². The van der Waals surface area contributed by atoms with Crippen LogP contribution in [0.4, 0.5) is 0 Å². The third-order valence-corrected chi connectivity index (χ3v) is 5.36. The van der Waals surface area contributed by atoms with Crippen molar-refractivity contribution in [1.82, 2.24) is 4.90 Å². The van der Waals surface area contributed by atoms with Crippen molar-refractivity contribution in [3.63, 3.8) is 0 Å². The molecule has 0 saturated carbocycles. The molecule has 2 heterocycles. The lowest BCUT2D eigenvalue weighted by Crippen LogP contribution is -2.42. The predicted molar refractivity (Wildman–Crippen MR) is 66.8 cm³/mol. The molecular formula is C12H21NO2S. The molecule has 0 amide bonds. The highest BCUT2D eigenvalue weighted by Crippen LogP contribution is 2.33. The van der Waals surface area contributed by atoms with Gasteiger partial charge in [0, 0.05) is 24.4 Å². The van der Waals surface area contributed by atoms with E-state index in [1.807, 2.05) is 11.8 Å². The SMILES string of the molecule is CC1CN(C2CCCSC2C)CC1C(=O)O. The Hall–Kier alpha value is -0.220. The fourth-order valence-corrected chi connectivity index (χ4v) is 4.22. The molecule has 0 aromatic heterocycles. The van der Waals surface area contributed by atoms with E-state index in [-0.39, 0.29) is 5.92 Å². The van der Waals surface area contributed by atoms with Crippen LogP contribution in [0.5, 0.6) is 0 Å². The first kappa shape index (κ1) is 12.2. The second-order valence-corrected chi connectivity index (χ2v) is 6.65. The minimum absolute atomic E-state index is 0.154. The monoisotopic (exact) mass is 243 g/mol. The third-order valence-electron chi connectivity index (χ3n) is 3.99. The lowest BCUT2D eigenvalue weighted by molar-refractivity contribution is -0.142. The Morgan fingerprint density at radius 2 is 2.12 bits per heavy atom. The molecule has 3 nitrogen and oxygen atoms in total.